The van der Waals surface area contributed by atoms with Crippen molar-refractivity contribution >= 4 is 17.4 Å². The van der Waals surface area contributed by atoms with Crippen LogP contribution >= 0.6 is 0 Å². The number of carbonyl (C=O) groups is 2. The van der Waals surface area contributed by atoms with Crippen molar-refractivity contribution in [3.63, 3.8) is 0 Å². The molecule has 0 saturated carbocycles. The van der Waals surface area contributed by atoms with Crippen LogP contribution in [0.15, 0.2) is 18.2 Å². The number of aryl methyl sites for hydroxylation is 1. The summed E-state index contributed by atoms with van der Waals surface area (Å²) in [6, 6.07) is 5.36. The van der Waals surface area contributed by atoms with Gasteiger partial charge in [0.15, 0.2) is 0 Å². The molecule has 1 rings (SSSR count). The average Bonchev–Trinajstić information content (AvgIpc) is 2.30. The number of anilines is 1. The third-order valence-corrected chi connectivity index (χ3v) is 2.69. The molecule has 0 saturated heterocycles. The van der Waals surface area contributed by atoms with Crippen LogP contribution in [-0.4, -0.2) is 18.8 Å². The highest BCUT2D eigenvalue weighted by Crippen LogP contribution is 2.21. The Balaban J connectivity index is 2.82. The molecule has 0 spiro atoms. The molecule has 0 aromatic heterocycles. The van der Waals surface area contributed by atoms with Crippen molar-refractivity contribution < 1.29 is 14.3 Å². The lowest BCUT2D eigenvalue weighted by atomic mass is 10.1. The second kappa shape index (κ2) is 5.48. The third kappa shape index (κ3) is 3.31. The molecule has 0 radical (unpaired) electrons. The lowest BCUT2D eigenvalue weighted by molar-refractivity contribution is -0.129. The zero-order valence-electron chi connectivity index (χ0n) is 10.5. The summed E-state index contributed by atoms with van der Waals surface area (Å²) in [6.45, 7) is 4.87. The molecule has 1 N–H and O–H groups in total. The van der Waals surface area contributed by atoms with E-state index in [4.69, 9.17) is 4.74 Å². The molecule has 1 aromatic carbocycles. The van der Waals surface area contributed by atoms with E-state index in [-0.39, 0.29) is 11.7 Å². The van der Waals surface area contributed by atoms with Crippen LogP contribution < -0.4 is 10.1 Å². The fourth-order valence-corrected chi connectivity index (χ4v) is 1.33. The number of rotatable bonds is 4. The monoisotopic (exact) mass is 235 g/mol. The first-order chi connectivity index (χ1) is 7.95. The Hall–Kier alpha value is -1.84. The number of ketones is 1. The van der Waals surface area contributed by atoms with Crippen molar-refractivity contribution in [3.8, 4) is 5.75 Å². The van der Waals surface area contributed by atoms with Gasteiger partial charge in [0.25, 0.3) is 0 Å². The predicted molar refractivity (Wildman–Crippen MR) is 66.2 cm³/mol. The summed E-state index contributed by atoms with van der Waals surface area (Å²) < 4.78 is 5.07. The van der Waals surface area contributed by atoms with Crippen LogP contribution in [0.25, 0.3) is 0 Å². The van der Waals surface area contributed by atoms with Gasteiger partial charge in [0.1, 0.15) is 11.5 Å². The fourth-order valence-electron chi connectivity index (χ4n) is 1.33. The summed E-state index contributed by atoms with van der Waals surface area (Å²) in [5.41, 5.74) is 1.59. The lowest BCUT2D eigenvalue weighted by Crippen LogP contribution is -2.25. The lowest BCUT2D eigenvalue weighted by Gasteiger charge is -2.12. The number of amides is 1. The zero-order valence-corrected chi connectivity index (χ0v) is 10.5. The SMILES string of the molecule is COc1ccc(NC(=O)C(C)C(C)=O)c(C)c1. The van der Waals surface area contributed by atoms with Crippen LogP contribution in [0.3, 0.4) is 0 Å². The van der Waals surface area contributed by atoms with E-state index in [1.165, 1.54) is 6.92 Å². The molecule has 1 aromatic rings. The first kappa shape index (κ1) is 13.2. The minimum Gasteiger partial charge on any atom is -0.497 e. The van der Waals surface area contributed by atoms with Gasteiger partial charge in [-0.1, -0.05) is 0 Å². The highest BCUT2D eigenvalue weighted by atomic mass is 16.5. The number of methoxy groups -OCH3 is 1. The van der Waals surface area contributed by atoms with Crippen LogP contribution in [0.4, 0.5) is 5.69 Å². The Labute approximate surface area is 101 Å². The molecule has 4 nitrogen and oxygen atoms in total. The molecule has 1 unspecified atom stereocenters. The fraction of sp³-hybridized carbons (Fsp3) is 0.385. The number of hydrogen-bond acceptors (Lipinski definition) is 3. The second-order valence-corrected chi connectivity index (χ2v) is 4.00. The van der Waals surface area contributed by atoms with Gasteiger partial charge >= 0.3 is 0 Å². The van der Waals surface area contributed by atoms with Gasteiger partial charge in [-0.3, -0.25) is 9.59 Å². The number of ether oxygens (including phenoxy) is 1. The van der Waals surface area contributed by atoms with Gasteiger partial charge in [-0.25, -0.2) is 0 Å². The maximum atomic E-state index is 11.7. The summed E-state index contributed by atoms with van der Waals surface area (Å²) in [7, 11) is 1.59. The maximum absolute atomic E-state index is 11.7. The second-order valence-electron chi connectivity index (χ2n) is 4.00. The van der Waals surface area contributed by atoms with E-state index in [2.05, 4.69) is 5.32 Å². The van der Waals surface area contributed by atoms with Gasteiger partial charge in [-0.15, -0.1) is 0 Å². The van der Waals surface area contributed by atoms with E-state index in [1.807, 2.05) is 13.0 Å². The Morgan fingerprint density at radius 3 is 2.47 bits per heavy atom. The minimum atomic E-state index is -0.628. The van der Waals surface area contributed by atoms with E-state index in [0.29, 0.717) is 5.69 Å². The number of Topliss-reactive ketones (excluding diaryl/α,β-unsaturated/α-hetero) is 1. The molecule has 1 atom stereocenters. The van der Waals surface area contributed by atoms with E-state index in [1.54, 1.807) is 26.2 Å². The highest BCUT2D eigenvalue weighted by molar-refractivity contribution is 6.06. The van der Waals surface area contributed by atoms with Crippen molar-refractivity contribution in [1.29, 1.82) is 0 Å². The van der Waals surface area contributed by atoms with Crippen LogP contribution in [0.1, 0.15) is 19.4 Å². The van der Waals surface area contributed by atoms with Crippen LogP contribution in [0.2, 0.25) is 0 Å². The standard InChI is InChI=1S/C13H17NO3/c1-8-7-11(17-4)5-6-12(8)14-13(16)9(2)10(3)15/h5-7,9H,1-4H3,(H,14,16). The minimum absolute atomic E-state index is 0.145. The van der Waals surface area contributed by atoms with Crippen LogP contribution in [0.5, 0.6) is 5.75 Å². The summed E-state index contributed by atoms with van der Waals surface area (Å²) in [5.74, 6) is -0.323. The molecular weight excluding hydrogens is 218 g/mol. The quantitative estimate of drug-likeness (QED) is 0.814. The average molecular weight is 235 g/mol. The van der Waals surface area contributed by atoms with Gasteiger partial charge in [0.05, 0.1) is 13.0 Å². The smallest absolute Gasteiger partial charge is 0.234 e. The van der Waals surface area contributed by atoms with Crippen molar-refractivity contribution in [2.45, 2.75) is 20.8 Å². The molecule has 92 valence electrons. The van der Waals surface area contributed by atoms with E-state index in [0.717, 1.165) is 11.3 Å². The van der Waals surface area contributed by atoms with E-state index < -0.39 is 5.92 Å². The molecule has 0 bridgehead atoms. The normalized spacial score (nSPS) is 11.8. The van der Waals surface area contributed by atoms with Gasteiger partial charge in [0.2, 0.25) is 5.91 Å². The molecule has 0 aliphatic rings. The van der Waals surface area contributed by atoms with Crippen molar-refractivity contribution in [1.82, 2.24) is 0 Å². The summed E-state index contributed by atoms with van der Waals surface area (Å²) in [5, 5.41) is 2.73. The topological polar surface area (TPSA) is 55.4 Å². The van der Waals surface area contributed by atoms with E-state index in [9.17, 15) is 9.59 Å². The molecule has 0 fully saturated rings. The molecule has 0 aliphatic heterocycles. The molecule has 1 amide bonds. The van der Waals surface area contributed by atoms with E-state index >= 15 is 0 Å². The molecule has 0 aliphatic carbocycles. The number of carbonyl (C=O) groups excluding carboxylic acids is 2. The van der Waals surface area contributed by atoms with Gasteiger partial charge in [-0.2, -0.15) is 0 Å². The Kier molecular flexibility index (Phi) is 4.26. The van der Waals surface area contributed by atoms with Crippen molar-refractivity contribution in [2.75, 3.05) is 12.4 Å². The molecule has 0 heterocycles. The predicted octanol–water partition coefficient (Wildman–Crippen LogP) is 2.17. The molecule has 17 heavy (non-hydrogen) atoms. The van der Waals surface area contributed by atoms with Crippen molar-refractivity contribution in [2.24, 2.45) is 5.92 Å². The first-order valence-electron chi connectivity index (χ1n) is 5.41. The van der Waals surface area contributed by atoms with Gasteiger partial charge in [0, 0.05) is 5.69 Å². The number of nitrogens with one attached hydrogen (secondary N) is 1. The van der Waals surface area contributed by atoms with Crippen LogP contribution in [-0.2, 0) is 9.59 Å². The third-order valence-electron chi connectivity index (χ3n) is 2.69. The van der Waals surface area contributed by atoms with Gasteiger partial charge < -0.3 is 10.1 Å². The summed E-state index contributed by atoms with van der Waals surface area (Å²) in [6.07, 6.45) is 0. The van der Waals surface area contributed by atoms with Crippen LogP contribution in [0, 0.1) is 12.8 Å². The van der Waals surface area contributed by atoms with Crippen molar-refractivity contribution in [3.05, 3.63) is 23.8 Å². The zero-order chi connectivity index (χ0) is 13.0. The number of benzene rings is 1. The Morgan fingerprint density at radius 1 is 1.35 bits per heavy atom. The number of hydrogen-bond donors (Lipinski definition) is 1. The maximum Gasteiger partial charge on any atom is 0.234 e. The Bertz CT molecular complexity index is 440. The summed E-state index contributed by atoms with van der Waals surface area (Å²) >= 11 is 0. The summed E-state index contributed by atoms with van der Waals surface area (Å²) in [4.78, 5) is 22.8. The first-order valence-corrected chi connectivity index (χ1v) is 5.41. The molecule has 4 heteroatoms. The Morgan fingerprint density at radius 2 is 2.00 bits per heavy atom. The molecular formula is C13H17NO3. The largest absolute Gasteiger partial charge is 0.497 e. The van der Waals surface area contributed by atoms with Gasteiger partial charge in [-0.05, 0) is 44.5 Å². The highest BCUT2D eigenvalue weighted by Gasteiger charge is 2.18.